The molecule has 140 valence electrons. The molecule has 0 atom stereocenters. The quantitative estimate of drug-likeness (QED) is 0.696. The van der Waals surface area contributed by atoms with E-state index in [4.69, 9.17) is 4.74 Å². The van der Waals surface area contributed by atoms with Crippen molar-refractivity contribution < 1.29 is 13.9 Å². The molecule has 4 nitrogen and oxygen atoms in total. The zero-order chi connectivity index (χ0) is 18.1. The number of hydrogen-bond donors (Lipinski definition) is 1. The zero-order valence-electron chi connectivity index (χ0n) is 15.5. The summed E-state index contributed by atoms with van der Waals surface area (Å²) in [4.78, 5) is 14.2. The van der Waals surface area contributed by atoms with E-state index in [0.29, 0.717) is 25.6 Å². The second-order valence-corrected chi connectivity index (χ2v) is 7.17. The molecule has 0 saturated carbocycles. The molecule has 0 bridgehead atoms. The number of nitrogens with zero attached hydrogens (tertiary/aromatic N) is 1. The molecule has 25 heavy (non-hydrogen) atoms. The summed E-state index contributed by atoms with van der Waals surface area (Å²) in [6, 6.07) is 6.80. The lowest BCUT2D eigenvalue weighted by atomic mass is 9.90. The molecule has 1 aliphatic rings. The van der Waals surface area contributed by atoms with Crippen LogP contribution in [-0.2, 0) is 16.0 Å². The van der Waals surface area contributed by atoms with Gasteiger partial charge in [-0.15, -0.1) is 0 Å². The number of likely N-dealkylation sites (tertiary alicyclic amines) is 1. The van der Waals surface area contributed by atoms with Gasteiger partial charge in [0, 0.05) is 13.2 Å². The van der Waals surface area contributed by atoms with Gasteiger partial charge in [-0.25, -0.2) is 4.39 Å². The van der Waals surface area contributed by atoms with Crippen LogP contribution in [0.2, 0.25) is 0 Å². The molecular weight excluding hydrogens is 319 g/mol. The Morgan fingerprint density at radius 2 is 1.96 bits per heavy atom. The second kappa shape index (κ2) is 10.5. The third-order valence-electron chi connectivity index (χ3n) is 4.61. The van der Waals surface area contributed by atoms with E-state index in [9.17, 15) is 9.18 Å². The fourth-order valence-corrected chi connectivity index (χ4v) is 3.18. The normalized spacial score (nSPS) is 16.3. The Bertz CT molecular complexity index is 511. The van der Waals surface area contributed by atoms with Gasteiger partial charge >= 0.3 is 0 Å². The van der Waals surface area contributed by atoms with Gasteiger partial charge in [0.25, 0.3) is 0 Å². The van der Waals surface area contributed by atoms with Gasteiger partial charge in [0.15, 0.2) is 0 Å². The van der Waals surface area contributed by atoms with E-state index in [1.165, 1.54) is 17.7 Å². The van der Waals surface area contributed by atoms with Crippen molar-refractivity contribution in [1.29, 1.82) is 0 Å². The van der Waals surface area contributed by atoms with Crippen molar-refractivity contribution in [1.82, 2.24) is 10.2 Å². The average Bonchev–Trinajstić information content (AvgIpc) is 2.58. The molecule has 0 aromatic heterocycles. The minimum absolute atomic E-state index is 0.0986. The van der Waals surface area contributed by atoms with E-state index in [2.05, 4.69) is 10.2 Å². The van der Waals surface area contributed by atoms with Gasteiger partial charge in [-0.3, -0.25) is 9.69 Å². The third kappa shape index (κ3) is 7.97. The van der Waals surface area contributed by atoms with E-state index in [1.807, 2.05) is 26.0 Å². The van der Waals surface area contributed by atoms with Crippen molar-refractivity contribution in [3.05, 3.63) is 35.6 Å². The highest BCUT2D eigenvalue weighted by molar-refractivity contribution is 5.77. The van der Waals surface area contributed by atoms with Crippen LogP contribution in [0.25, 0.3) is 0 Å². The molecule has 0 unspecified atom stereocenters. The molecule has 0 radical (unpaired) electrons. The van der Waals surface area contributed by atoms with Crippen LogP contribution < -0.4 is 5.32 Å². The number of hydrogen-bond acceptors (Lipinski definition) is 3. The molecule has 0 spiro atoms. The number of benzene rings is 1. The van der Waals surface area contributed by atoms with Gasteiger partial charge in [0.1, 0.15) is 5.82 Å². The van der Waals surface area contributed by atoms with E-state index in [1.54, 1.807) is 0 Å². The molecular formula is C20H31FN2O2. The summed E-state index contributed by atoms with van der Waals surface area (Å²) in [5.74, 6) is 0.542. The molecule has 1 aliphatic heterocycles. The van der Waals surface area contributed by atoms with Crippen LogP contribution in [0.3, 0.4) is 0 Å². The van der Waals surface area contributed by atoms with Crippen LogP contribution in [0.15, 0.2) is 24.3 Å². The Balaban J connectivity index is 1.58. The number of carbonyl (C=O) groups excluding carboxylic acids is 1. The molecule has 1 aromatic rings. The number of ether oxygens (including phenoxy) is 1. The van der Waals surface area contributed by atoms with Crippen LogP contribution in [0, 0.1) is 11.7 Å². The molecule has 1 amide bonds. The summed E-state index contributed by atoms with van der Waals surface area (Å²) in [5, 5.41) is 2.96. The summed E-state index contributed by atoms with van der Waals surface area (Å²) >= 11 is 0. The number of halogens is 1. The van der Waals surface area contributed by atoms with Crippen molar-refractivity contribution in [3.63, 3.8) is 0 Å². The molecule has 2 rings (SSSR count). The molecule has 5 heteroatoms. The maximum Gasteiger partial charge on any atom is 0.234 e. The highest BCUT2D eigenvalue weighted by Gasteiger charge is 2.21. The largest absolute Gasteiger partial charge is 0.379 e. The van der Waals surface area contributed by atoms with E-state index < -0.39 is 0 Å². The van der Waals surface area contributed by atoms with Gasteiger partial charge in [0.05, 0.1) is 12.6 Å². The maximum absolute atomic E-state index is 13.0. The predicted octanol–water partition coefficient (Wildman–Crippen LogP) is 3.01. The highest BCUT2D eigenvalue weighted by Crippen LogP contribution is 2.21. The van der Waals surface area contributed by atoms with Crippen molar-refractivity contribution in [2.24, 2.45) is 5.92 Å². The van der Waals surface area contributed by atoms with E-state index in [-0.39, 0.29) is 17.8 Å². The van der Waals surface area contributed by atoms with Crippen LogP contribution in [0.4, 0.5) is 4.39 Å². The molecule has 1 fully saturated rings. The van der Waals surface area contributed by atoms with Crippen molar-refractivity contribution in [2.75, 3.05) is 32.8 Å². The number of rotatable bonds is 9. The van der Waals surface area contributed by atoms with Crippen molar-refractivity contribution in [3.8, 4) is 0 Å². The second-order valence-electron chi connectivity index (χ2n) is 7.17. The summed E-state index contributed by atoms with van der Waals surface area (Å²) < 4.78 is 18.4. The lowest BCUT2D eigenvalue weighted by Gasteiger charge is -2.31. The summed E-state index contributed by atoms with van der Waals surface area (Å²) in [6.45, 7) is 7.77. The molecule has 1 saturated heterocycles. The lowest BCUT2D eigenvalue weighted by Crippen LogP contribution is -2.42. The first-order valence-electron chi connectivity index (χ1n) is 9.38. The van der Waals surface area contributed by atoms with E-state index >= 15 is 0 Å². The summed E-state index contributed by atoms with van der Waals surface area (Å²) in [5.41, 5.74) is 1.20. The summed E-state index contributed by atoms with van der Waals surface area (Å²) in [6.07, 6.45) is 4.27. The molecule has 0 aliphatic carbocycles. The maximum atomic E-state index is 13.0. The Morgan fingerprint density at radius 3 is 2.60 bits per heavy atom. The Kier molecular flexibility index (Phi) is 8.35. The van der Waals surface area contributed by atoms with Crippen LogP contribution in [-0.4, -0.2) is 49.7 Å². The van der Waals surface area contributed by atoms with Crippen LogP contribution in [0.1, 0.15) is 38.7 Å². The molecule has 1 N–H and O–H groups in total. The third-order valence-corrected chi connectivity index (χ3v) is 4.61. The minimum atomic E-state index is -0.180. The Morgan fingerprint density at radius 1 is 1.28 bits per heavy atom. The predicted molar refractivity (Wildman–Crippen MR) is 98.0 cm³/mol. The van der Waals surface area contributed by atoms with Gasteiger partial charge in [-0.1, -0.05) is 12.1 Å². The van der Waals surface area contributed by atoms with Crippen molar-refractivity contribution in [2.45, 2.75) is 45.6 Å². The smallest absolute Gasteiger partial charge is 0.234 e. The Labute approximate surface area is 150 Å². The van der Waals surface area contributed by atoms with Crippen LogP contribution in [0.5, 0.6) is 0 Å². The zero-order valence-corrected chi connectivity index (χ0v) is 15.5. The van der Waals surface area contributed by atoms with Crippen molar-refractivity contribution >= 4 is 5.91 Å². The molecule has 1 aromatic carbocycles. The fraction of sp³-hybridized carbons (Fsp3) is 0.650. The number of nitrogens with one attached hydrogen (secondary N) is 1. The fourth-order valence-electron chi connectivity index (χ4n) is 3.18. The Hall–Kier alpha value is -1.46. The lowest BCUT2D eigenvalue weighted by molar-refractivity contribution is -0.122. The highest BCUT2D eigenvalue weighted by atomic mass is 19.1. The van der Waals surface area contributed by atoms with E-state index in [0.717, 1.165) is 38.8 Å². The first-order chi connectivity index (χ1) is 12.0. The van der Waals surface area contributed by atoms with Crippen LogP contribution >= 0.6 is 0 Å². The number of amides is 1. The van der Waals surface area contributed by atoms with Gasteiger partial charge < -0.3 is 10.1 Å². The minimum Gasteiger partial charge on any atom is -0.379 e. The average molecular weight is 350 g/mol. The number of carbonyl (C=O) groups is 1. The standard InChI is InChI=1S/C20H31FN2O2/c1-16(2)25-13-3-10-22-20(24)15-23-11-8-18(9-12-23)14-17-4-6-19(21)7-5-17/h4-7,16,18H,3,8-15H2,1-2H3,(H,22,24). The topological polar surface area (TPSA) is 41.6 Å². The summed E-state index contributed by atoms with van der Waals surface area (Å²) in [7, 11) is 0. The molecule has 1 heterocycles. The van der Waals surface area contributed by atoms with Gasteiger partial charge in [-0.05, 0) is 76.2 Å². The van der Waals surface area contributed by atoms with Gasteiger partial charge in [0.2, 0.25) is 5.91 Å². The SMILES string of the molecule is CC(C)OCCCNC(=O)CN1CCC(Cc2ccc(F)cc2)CC1. The monoisotopic (exact) mass is 350 g/mol. The number of piperidine rings is 1. The first-order valence-corrected chi connectivity index (χ1v) is 9.38. The first kappa shape index (κ1) is 19.9. The van der Waals surface area contributed by atoms with Gasteiger partial charge in [-0.2, -0.15) is 0 Å².